The third-order valence-corrected chi connectivity index (χ3v) is 6.86. The lowest BCUT2D eigenvalue weighted by molar-refractivity contribution is -0.117. The van der Waals surface area contributed by atoms with E-state index in [-0.39, 0.29) is 36.4 Å². The minimum atomic E-state index is -0.942. The zero-order valence-electron chi connectivity index (χ0n) is 20.4. The number of nitrogens with zero attached hydrogens (tertiary/aromatic N) is 4. The van der Waals surface area contributed by atoms with Gasteiger partial charge >= 0.3 is 6.09 Å². The second-order valence-corrected chi connectivity index (χ2v) is 9.50. The Morgan fingerprint density at radius 1 is 1.09 bits per heavy atom. The molecule has 4 rings (SSSR count). The fourth-order valence-corrected chi connectivity index (χ4v) is 5.34. The first-order chi connectivity index (χ1) is 15.8. The molecule has 0 bridgehead atoms. The molecular weight excluding hydrogens is 452 g/mol. The highest BCUT2D eigenvalue weighted by molar-refractivity contribution is 5.94. The molecule has 3 heterocycles. The summed E-state index contributed by atoms with van der Waals surface area (Å²) in [5.41, 5.74) is 3.62. The molecule has 1 saturated heterocycles. The van der Waals surface area contributed by atoms with Gasteiger partial charge in [-0.3, -0.25) is 9.69 Å². The van der Waals surface area contributed by atoms with E-state index in [0.717, 1.165) is 41.3 Å². The number of piperidine rings is 1. The summed E-state index contributed by atoms with van der Waals surface area (Å²) in [6.07, 6.45) is 5.21. The van der Waals surface area contributed by atoms with Crippen molar-refractivity contribution in [3.63, 3.8) is 0 Å². The van der Waals surface area contributed by atoms with Gasteiger partial charge in [-0.25, -0.2) is 9.78 Å². The molecule has 1 aromatic heterocycles. The van der Waals surface area contributed by atoms with Crippen molar-refractivity contribution >= 4 is 35.9 Å². The van der Waals surface area contributed by atoms with Gasteiger partial charge in [-0.1, -0.05) is 6.07 Å². The monoisotopic (exact) mass is 486 g/mol. The van der Waals surface area contributed by atoms with Crippen LogP contribution in [0.15, 0.2) is 36.5 Å². The van der Waals surface area contributed by atoms with Gasteiger partial charge in [0, 0.05) is 49.5 Å². The second-order valence-electron chi connectivity index (χ2n) is 9.50. The van der Waals surface area contributed by atoms with Gasteiger partial charge in [0.15, 0.2) is 0 Å². The van der Waals surface area contributed by atoms with Crippen molar-refractivity contribution in [2.45, 2.75) is 71.5 Å². The molecule has 1 N–H and O–H groups in total. The van der Waals surface area contributed by atoms with Gasteiger partial charge in [-0.2, -0.15) is 0 Å². The standard InChI is InChI=1S/C26H34N4O3.ClH/c1-17(2)29(26(32)33)24-14-18(3)30(19(4)31)23-10-8-20(15-22(23)24)21-9-11-25(27-16-21)28-12-6-5-7-13-28;/h8-11,15-18,24H,5-7,12-14H2,1-4H3,(H,32,33);1H/t18-,24+;/m0./s1. The molecule has 2 aromatic rings. The number of hydrogen-bond donors (Lipinski definition) is 1. The lowest BCUT2D eigenvalue weighted by Crippen LogP contribution is -2.48. The first-order valence-electron chi connectivity index (χ1n) is 11.9. The maximum atomic E-state index is 12.4. The highest BCUT2D eigenvalue weighted by Gasteiger charge is 2.38. The minimum Gasteiger partial charge on any atom is -0.465 e. The molecule has 34 heavy (non-hydrogen) atoms. The van der Waals surface area contributed by atoms with Gasteiger partial charge in [0.05, 0.1) is 6.04 Å². The van der Waals surface area contributed by atoms with Gasteiger partial charge in [0.1, 0.15) is 5.82 Å². The first kappa shape index (κ1) is 25.8. The molecule has 0 unspecified atom stereocenters. The number of fused-ring (bicyclic) bond motifs is 1. The smallest absolute Gasteiger partial charge is 0.408 e. The largest absolute Gasteiger partial charge is 0.465 e. The summed E-state index contributed by atoms with van der Waals surface area (Å²) in [5, 5.41) is 9.95. The summed E-state index contributed by atoms with van der Waals surface area (Å²) in [7, 11) is 0. The maximum Gasteiger partial charge on any atom is 0.408 e. The Labute approximate surface area is 208 Å². The van der Waals surface area contributed by atoms with E-state index in [2.05, 4.69) is 17.0 Å². The SMILES string of the molecule is CC(=O)N1c2ccc(-c3ccc(N4CCCCC4)nc3)cc2[C@H](N(C(=O)O)C(C)C)C[C@@H]1C.Cl. The molecule has 0 saturated carbocycles. The number of rotatable bonds is 4. The lowest BCUT2D eigenvalue weighted by atomic mass is 9.88. The predicted molar refractivity (Wildman–Crippen MR) is 138 cm³/mol. The molecule has 0 aliphatic carbocycles. The number of benzene rings is 1. The predicted octanol–water partition coefficient (Wildman–Crippen LogP) is 5.74. The van der Waals surface area contributed by atoms with Crippen LogP contribution in [0.4, 0.5) is 16.3 Å². The fraction of sp³-hybridized carbons (Fsp3) is 0.500. The Morgan fingerprint density at radius 2 is 1.76 bits per heavy atom. The number of carbonyl (C=O) groups excluding carboxylic acids is 1. The third kappa shape index (κ3) is 4.99. The van der Waals surface area contributed by atoms with Crippen LogP contribution in [0.5, 0.6) is 0 Å². The van der Waals surface area contributed by atoms with Crippen molar-refractivity contribution in [3.05, 3.63) is 42.1 Å². The van der Waals surface area contributed by atoms with Crippen LogP contribution in [-0.2, 0) is 4.79 Å². The van der Waals surface area contributed by atoms with E-state index in [4.69, 9.17) is 4.98 Å². The number of anilines is 2. The van der Waals surface area contributed by atoms with E-state index < -0.39 is 6.09 Å². The van der Waals surface area contributed by atoms with Crippen LogP contribution < -0.4 is 9.80 Å². The van der Waals surface area contributed by atoms with E-state index in [9.17, 15) is 14.7 Å². The summed E-state index contributed by atoms with van der Waals surface area (Å²) in [6, 6.07) is 9.57. The molecule has 7 nitrogen and oxygen atoms in total. The molecule has 184 valence electrons. The molecule has 2 amide bonds. The Hall–Kier alpha value is -2.80. The Bertz CT molecular complexity index is 1020. The number of carboxylic acid groups (broad SMARTS) is 1. The van der Waals surface area contributed by atoms with Crippen molar-refractivity contribution in [1.29, 1.82) is 0 Å². The van der Waals surface area contributed by atoms with Crippen LogP contribution in [-0.4, -0.2) is 52.2 Å². The second kappa shape index (κ2) is 10.6. The van der Waals surface area contributed by atoms with Crippen LogP contribution in [0.1, 0.15) is 65.0 Å². The van der Waals surface area contributed by atoms with Gasteiger partial charge in [0.2, 0.25) is 5.91 Å². The number of halogens is 1. The zero-order valence-corrected chi connectivity index (χ0v) is 21.2. The number of amides is 2. The van der Waals surface area contributed by atoms with Crippen molar-refractivity contribution in [1.82, 2.24) is 9.88 Å². The van der Waals surface area contributed by atoms with Gasteiger partial charge in [0.25, 0.3) is 0 Å². The summed E-state index contributed by atoms with van der Waals surface area (Å²) < 4.78 is 0. The number of pyridine rings is 1. The number of aromatic nitrogens is 1. The average molecular weight is 487 g/mol. The van der Waals surface area contributed by atoms with Crippen LogP contribution in [0.25, 0.3) is 11.1 Å². The van der Waals surface area contributed by atoms with Gasteiger partial charge in [-0.05, 0) is 81.8 Å². The van der Waals surface area contributed by atoms with E-state index in [1.165, 1.54) is 24.2 Å². The minimum absolute atomic E-state index is 0. The summed E-state index contributed by atoms with van der Waals surface area (Å²) in [4.78, 5) is 34.9. The third-order valence-electron chi connectivity index (χ3n) is 6.86. The van der Waals surface area contributed by atoms with Crippen molar-refractivity contribution in [2.24, 2.45) is 0 Å². The zero-order chi connectivity index (χ0) is 23.7. The summed E-state index contributed by atoms with van der Waals surface area (Å²) >= 11 is 0. The average Bonchev–Trinajstić information content (AvgIpc) is 2.79. The fourth-order valence-electron chi connectivity index (χ4n) is 5.34. The molecule has 1 fully saturated rings. The Balaban J connectivity index is 0.00000324. The number of carbonyl (C=O) groups is 2. The Kier molecular flexibility index (Phi) is 8.08. The van der Waals surface area contributed by atoms with Gasteiger partial charge in [-0.15, -0.1) is 12.4 Å². The van der Waals surface area contributed by atoms with Crippen LogP contribution in [0.2, 0.25) is 0 Å². The van der Waals surface area contributed by atoms with E-state index in [0.29, 0.717) is 6.42 Å². The molecule has 2 atom stereocenters. The molecule has 0 radical (unpaired) electrons. The molecule has 8 heteroatoms. The first-order valence-corrected chi connectivity index (χ1v) is 11.9. The van der Waals surface area contributed by atoms with Crippen molar-refractivity contribution in [3.8, 4) is 11.1 Å². The van der Waals surface area contributed by atoms with Crippen molar-refractivity contribution in [2.75, 3.05) is 22.9 Å². The molecule has 2 aliphatic rings. The molecule has 1 aromatic carbocycles. The molecular formula is C26H35ClN4O3. The quantitative estimate of drug-likeness (QED) is 0.596. The topological polar surface area (TPSA) is 77.0 Å². The van der Waals surface area contributed by atoms with E-state index in [1.54, 1.807) is 11.8 Å². The maximum absolute atomic E-state index is 12.4. The normalized spacial score (nSPS) is 19.9. The summed E-state index contributed by atoms with van der Waals surface area (Å²) in [5.74, 6) is 0.969. The highest BCUT2D eigenvalue weighted by Crippen LogP contribution is 2.43. The lowest BCUT2D eigenvalue weighted by Gasteiger charge is -2.43. The van der Waals surface area contributed by atoms with E-state index in [1.807, 2.05) is 45.2 Å². The van der Waals surface area contributed by atoms with Gasteiger partial charge < -0.3 is 14.9 Å². The van der Waals surface area contributed by atoms with Crippen LogP contribution >= 0.6 is 12.4 Å². The van der Waals surface area contributed by atoms with E-state index >= 15 is 0 Å². The Morgan fingerprint density at radius 3 is 2.32 bits per heavy atom. The molecule has 0 spiro atoms. The van der Waals surface area contributed by atoms with Crippen LogP contribution in [0, 0.1) is 0 Å². The van der Waals surface area contributed by atoms with Crippen LogP contribution in [0.3, 0.4) is 0 Å². The summed E-state index contributed by atoms with van der Waals surface area (Å²) in [6.45, 7) is 9.42. The van der Waals surface area contributed by atoms with Crippen molar-refractivity contribution < 1.29 is 14.7 Å². The number of hydrogen-bond acceptors (Lipinski definition) is 4. The molecule has 2 aliphatic heterocycles. The highest BCUT2D eigenvalue weighted by atomic mass is 35.5.